The van der Waals surface area contributed by atoms with Crippen molar-refractivity contribution >= 4 is 17.3 Å². The molecule has 2 aromatic rings. The van der Waals surface area contributed by atoms with Crippen molar-refractivity contribution < 1.29 is 24.3 Å². The minimum Gasteiger partial charge on any atom is -0.497 e. The summed E-state index contributed by atoms with van der Waals surface area (Å²) in [5, 5.41) is 24.3. The molecule has 0 bridgehead atoms. The van der Waals surface area contributed by atoms with Crippen LogP contribution in [0.4, 0.5) is 11.4 Å². The second-order valence-electron chi connectivity index (χ2n) is 5.40. The fourth-order valence-electron chi connectivity index (χ4n) is 2.38. The van der Waals surface area contributed by atoms with Gasteiger partial charge < -0.3 is 19.9 Å². The highest BCUT2D eigenvalue weighted by Gasteiger charge is 2.29. The Bertz CT molecular complexity index is 745. The molecule has 0 aliphatic rings. The molecule has 138 valence electrons. The molecule has 2 aromatic carbocycles. The van der Waals surface area contributed by atoms with Crippen molar-refractivity contribution in [3.8, 4) is 5.75 Å². The lowest BCUT2D eigenvalue weighted by molar-refractivity contribution is -0.384. The van der Waals surface area contributed by atoms with Crippen molar-refractivity contribution in [2.45, 2.75) is 19.1 Å². The van der Waals surface area contributed by atoms with E-state index in [-0.39, 0.29) is 12.3 Å². The Kier molecular flexibility index (Phi) is 6.51. The third kappa shape index (κ3) is 4.70. The average Bonchev–Trinajstić information content (AvgIpc) is 2.66. The van der Waals surface area contributed by atoms with E-state index in [0.717, 1.165) is 0 Å². The predicted molar refractivity (Wildman–Crippen MR) is 95.1 cm³/mol. The van der Waals surface area contributed by atoms with Crippen molar-refractivity contribution in [1.82, 2.24) is 0 Å². The number of methoxy groups -OCH3 is 1. The first-order chi connectivity index (χ1) is 12.5. The van der Waals surface area contributed by atoms with Gasteiger partial charge in [0.15, 0.2) is 6.10 Å². The van der Waals surface area contributed by atoms with E-state index in [1.54, 1.807) is 38.3 Å². The molecule has 8 heteroatoms. The lowest BCUT2D eigenvalue weighted by Crippen LogP contribution is -2.34. The summed E-state index contributed by atoms with van der Waals surface area (Å²) in [6, 6.07) is 11.7. The van der Waals surface area contributed by atoms with Gasteiger partial charge in [-0.3, -0.25) is 10.1 Å². The zero-order valence-electron chi connectivity index (χ0n) is 14.4. The lowest BCUT2D eigenvalue weighted by atomic mass is 10.0. The predicted octanol–water partition coefficient (Wildman–Crippen LogP) is 2.68. The van der Waals surface area contributed by atoms with E-state index in [1.807, 2.05) is 0 Å². The van der Waals surface area contributed by atoms with E-state index >= 15 is 0 Å². The van der Waals surface area contributed by atoms with Gasteiger partial charge in [0.1, 0.15) is 5.75 Å². The number of nitrogens with zero attached hydrogens (tertiary/aromatic N) is 1. The number of ether oxygens (including phenoxy) is 2. The normalized spacial score (nSPS) is 12.7. The van der Waals surface area contributed by atoms with Gasteiger partial charge in [-0.25, -0.2) is 4.79 Å². The van der Waals surface area contributed by atoms with Crippen molar-refractivity contribution in [1.29, 1.82) is 0 Å². The van der Waals surface area contributed by atoms with E-state index in [0.29, 0.717) is 17.0 Å². The van der Waals surface area contributed by atoms with Crippen LogP contribution in [0.2, 0.25) is 0 Å². The van der Waals surface area contributed by atoms with Crippen LogP contribution in [0.5, 0.6) is 5.75 Å². The van der Waals surface area contributed by atoms with Crippen molar-refractivity contribution in [2.24, 2.45) is 0 Å². The molecule has 26 heavy (non-hydrogen) atoms. The molecule has 2 N–H and O–H groups in total. The van der Waals surface area contributed by atoms with E-state index in [2.05, 4.69) is 5.32 Å². The maximum absolute atomic E-state index is 12.0. The molecule has 0 aromatic heterocycles. The number of aliphatic hydroxyl groups excluding tert-OH is 1. The Morgan fingerprint density at radius 3 is 2.31 bits per heavy atom. The summed E-state index contributed by atoms with van der Waals surface area (Å²) < 4.78 is 9.98. The Morgan fingerprint density at radius 1 is 1.19 bits per heavy atom. The van der Waals surface area contributed by atoms with Crippen LogP contribution in [-0.4, -0.2) is 35.8 Å². The Balaban J connectivity index is 2.30. The van der Waals surface area contributed by atoms with Crippen LogP contribution in [0.25, 0.3) is 0 Å². The molecular weight excluding hydrogens is 340 g/mol. The number of nitro groups is 1. The second kappa shape index (κ2) is 8.82. The SMILES string of the molecule is CCOC(=O)[C@H](O)[C@H](Nc1ccc(OC)cc1)c1ccc([N+](=O)[O-])cc1. The second-order valence-corrected chi connectivity index (χ2v) is 5.40. The summed E-state index contributed by atoms with van der Waals surface area (Å²) >= 11 is 0. The zero-order chi connectivity index (χ0) is 19.1. The van der Waals surface area contributed by atoms with Crippen LogP contribution < -0.4 is 10.1 Å². The van der Waals surface area contributed by atoms with Crippen molar-refractivity contribution in [3.63, 3.8) is 0 Å². The highest BCUT2D eigenvalue weighted by molar-refractivity contribution is 5.76. The number of aliphatic hydroxyl groups is 1. The molecule has 2 rings (SSSR count). The van der Waals surface area contributed by atoms with Gasteiger partial charge in [-0.2, -0.15) is 0 Å². The number of anilines is 1. The van der Waals surface area contributed by atoms with Crippen molar-refractivity contribution in [2.75, 3.05) is 19.0 Å². The maximum Gasteiger partial charge on any atom is 0.337 e. The molecule has 0 spiro atoms. The first-order valence-electron chi connectivity index (χ1n) is 7.96. The Labute approximate surface area is 150 Å². The topological polar surface area (TPSA) is 111 Å². The number of carbonyl (C=O) groups excluding carboxylic acids is 1. The number of non-ortho nitro benzene ring substituents is 1. The molecular formula is C18H20N2O6. The van der Waals surface area contributed by atoms with Crippen LogP contribution in [0, 0.1) is 10.1 Å². The van der Waals surface area contributed by atoms with Gasteiger partial charge in [-0.15, -0.1) is 0 Å². The van der Waals surface area contributed by atoms with Crippen LogP contribution in [0.15, 0.2) is 48.5 Å². The molecule has 0 fully saturated rings. The van der Waals surface area contributed by atoms with Gasteiger partial charge in [0.05, 0.1) is 24.7 Å². The number of nitro benzene ring substituents is 1. The minimum absolute atomic E-state index is 0.0810. The summed E-state index contributed by atoms with van der Waals surface area (Å²) in [6.45, 7) is 1.77. The highest BCUT2D eigenvalue weighted by Crippen LogP contribution is 2.26. The van der Waals surface area contributed by atoms with Gasteiger partial charge in [-0.1, -0.05) is 12.1 Å². The lowest BCUT2D eigenvalue weighted by Gasteiger charge is -2.24. The first kappa shape index (κ1) is 19.2. The molecule has 0 aliphatic heterocycles. The number of hydrogen-bond donors (Lipinski definition) is 2. The van der Waals surface area contributed by atoms with Crippen molar-refractivity contribution in [3.05, 3.63) is 64.2 Å². The smallest absolute Gasteiger partial charge is 0.337 e. The van der Waals surface area contributed by atoms with Gasteiger partial charge >= 0.3 is 5.97 Å². The summed E-state index contributed by atoms with van der Waals surface area (Å²) in [7, 11) is 1.55. The van der Waals surface area contributed by atoms with Crippen LogP contribution >= 0.6 is 0 Å². The third-order valence-corrected chi connectivity index (χ3v) is 3.72. The number of rotatable bonds is 8. The van der Waals surface area contributed by atoms with Gasteiger partial charge in [0.2, 0.25) is 0 Å². The molecule has 0 amide bonds. The summed E-state index contributed by atoms with van der Waals surface area (Å²) in [4.78, 5) is 22.3. The minimum atomic E-state index is -1.49. The van der Waals surface area contributed by atoms with E-state index in [4.69, 9.17) is 9.47 Å². The standard InChI is InChI=1S/C18H20N2O6/c1-3-26-18(22)17(21)16(12-4-8-14(9-5-12)20(23)24)19-13-6-10-15(25-2)11-7-13/h4-11,16-17,19,21H,3H2,1-2H3/t16-,17-/m1/s1. The highest BCUT2D eigenvalue weighted by atomic mass is 16.6. The zero-order valence-corrected chi connectivity index (χ0v) is 14.4. The molecule has 2 atom stereocenters. The number of nitrogens with one attached hydrogen (secondary N) is 1. The molecule has 0 heterocycles. The molecule has 0 radical (unpaired) electrons. The monoisotopic (exact) mass is 360 g/mol. The maximum atomic E-state index is 12.0. The summed E-state index contributed by atoms with van der Waals surface area (Å²) in [5.74, 6) is -0.120. The Morgan fingerprint density at radius 2 is 1.81 bits per heavy atom. The van der Waals surface area contributed by atoms with Gasteiger partial charge in [-0.05, 0) is 36.8 Å². The molecule has 8 nitrogen and oxygen atoms in total. The van der Waals surface area contributed by atoms with Crippen LogP contribution in [0.3, 0.4) is 0 Å². The summed E-state index contributed by atoms with van der Waals surface area (Å²) in [6.07, 6.45) is -1.49. The van der Waals surface area contributed by atoms with E-state index < -0.39 is 23.0 Å². The number of benzene rings is 2. The average molecular weight is 360 g/mol. The number of esters is 1. The third-order valence-electron chi connectivity index (χ3n) is 3.72. The summed E-state index contributed by atoms with van der Waals surface area (Å²) in [5.41, 5.74) is 1.06. The molecule has 0 saturated heterocycles. The number of hydrogen-bond acceptors (Lipinski definition) is 7. The van der Waals surface area contributed by atoms with Crippen LogP contribution in [0.1, 0.15) is 18.5 Å². The van der Waals surface area contributed by atoms with E-state index in [1.165, 1.54) is 24.3 Å². The number of carbonyl (C=O) groups is 1. The molecule has 0 saturated carbocycles. The van der Waals surface area contributed by atoms with Crippen LogP contribution in [-0.2, 0) is 9.53 Å². The molecule has 0 aliphatic carbocycles. The fraction of sp³-hybridized carbons (Fsp3) is 0.278. The quantitative estimate of drug-likeness (QED) is 0.423. The van der Waals surface area contributed by atoms with E-state index in [9.17, 15) is 20.0 Å². The Hall–Kier alpha value is -3.13. The first-order valence-corrected chi connectivity index (χ1v) is 7.96. The molecule has 0 unspecified atom stereocenters. The largest absolute Gasteiger partial charge is 0.497 e. The van der Waals surface area contributed by atoms with Gasteiger partial charge in [0.25, 0.3) is 5.69 Å². The fourth-order valence-corrected chi connectivity index (χ4v) is 2.38. The van der Waals surface area contributed by atoms with Gasteiger partial charge in [0, 0.05) is 17.8 Å².